The summed E-state index contributed by atoms with van der Waals surface area (Å²) < 4.78 is 28.1. The highest BCUT2D eigenvalue weighted by molar-refractivity contribution is 7.91. The van der Waals surface area contributed by atoms with Gasteiger partial charge in [-0.1, -0.05) is 54.6 Å². The molecule has 5 heteroatoms. The summed E-state index contributed by atoms with van der Waals surface area (Å²) >= 11 is 0. The first-order valence-electron chi connectivity index (χ1n) is 8.02. The van der Waals surface area contributed by atoms with Crippen LogP contribution in [-0.4, -0.2) is 25.9 Å². The van der Waals surface area contributed by atoms with E-state index in [0.29, 0.717) is 6.42 Å². The minimum absolute atomic E-state index is 0.0945. The molecule has 0 bridgehead atoms. The lowest BCUT2D eigenvalue weighted by Gasteiger charge is -2.09. The van der Waals surface area contributed by atoms with E-state index in [-0.39, 0.29) is 36.4 Å². The molecular formula is C19H20O4S. The van der Waals surface area contributed by atoms with Gasteiger partial charge in [0.05, 0.1) is 11.5 Å². The van der Waals surface area contributed by atoms with Crippen molar-refractivity contribution in [2.24, 2.45) is 5.92 Å². The van der Waals surface area contributed by atoms with Crippen LogP contribution in [0.5, 0.6) is 0 Å². The summed E-state index contributed by atoms with van der Waals surface area (Å²) in [6.45, 7) is 0.216. The van der Waals surface area contributed by atoms with Gasteiger partial charge in [0.15, 0.2) is 9.84 Å². The molecule has 0 saturated carbocycles. The summed E-state index contributed by atoms with van der Waals surface area (Å²) in [5, 5.41) is 0. The molecule has 4 nitrogen and oxygen atoms in total. The molecule has 1 aliphatic heterocycles. The van der Waals surface area contributed by atoms with E-state index in [1.807, 2.05) is 54.6 Å². The fourth-order valence-corrected chi connectivity index (χ4v) is 4.78. The lowest BCUT2D eigenvalue weighted by Crippen LogP contribution is -2.13. The zero-order valence-electron chi connectivity index (χ0n) is 13.4. The van der Waals surface area contributed by atoms with E-state index in [0.717, 1.165) is 16.7 Å². The predicted molar refractivity (Wildman–Crippen MR) is 93.1 cm³/mol. The summed E-state index contributed by atoms with van der Waals surface area (Å²) in [5.74, 6) is -0.132. The molecule has 0 radical (unpaired) electrons. The third kappa shape index (κ3) is 4.45. The summed E-state index contributed by atoms with van der Waals surface area (Å²) in [6, 6.07) is 17.9. The van der Waals surface area contributed by atoms with Crippen LogP contribution < -0.4 is 0 Å². The Bertz CT molecular complexity index is 795. The smallest absolute Gasteiger partial charge is 0.306 e. The average molecular weight is 344 g/mol. The predicted octanol–water partition coefficient (Wildman–Crippen LogP) is 3.22. The van der Waals surface area contributed by atoms with Gasteiger partial charge in [0.2, 0.25) is 0 Å². The van der Waals surface area contributed by atoms with Crippen molar-refractivity contribution in [3.63, 3.8) is 0 Å². The number of ether oxygens (including phenoxy) is 1. The first-order valence-corrected chi connectivity index (χ1v) is 9.84. The molecule has 1 aliphatic rings. The quantitative estimate of drug-likeness (QED) is 0.782. The second-order valence-corrected chi connectivity index (χ2v) is 8.43. The average Bonchev–Trinajstić information content (AvgIpc) is 2.93. The van der Waals surface area contributed by atoms with Crippen molar-refractivity contribution >= 4 is 15.8 Å². The van der Waals surface area contributed by atoms with Gasteiger partial charge in [0, 0.05) is 6.42 Å². The fourth-order valence-electron chi connectivity index (χ4n) is 2.92. The molecule has 24 heavy (non-hydrogen) atoms. The van der Waals surface area contributed by atoms with E-state index in [1.165, 1.54) is 0 Å². The first kappa shape index (κ1) is 16.7. The van der Waals surface area contributed by atoms with E-state index >= 15 is 0 Å². The SMILES string of the molecule is O=C(C[C@@H]1CCS(=O)(=O)C1)OCc1ccc(-c2ccccc2)cc1. The van der Waals surface area contributed by atoms with E-state index in [2.05, 4.69) is 0 Å². The van der Waals surface area contributed by atoms with Crippen molar-refractivity contribution in [3.05, 3.63) is 60.2 Å². The fraction of sp³-hybridized carbons (Fsp3) is 0.316. The molecule has 0 N–H and O–H groups in total. The molecule has 0 unspecified atom stereocenters. The van der Waals surface area contributed by atoms with E-state index in [4.69, 9.17) is 4.74 Å². The number of hydrogen-bond donors (Lipinski definition) is 0. The van der Waals surface area contributed by atoms with Gasteiger partial charge in [-0.15, -0.1) is 0 Å². The van der Waals surface area contributed by atoms with Crippen LogP contribution in [0.2, 0.25) is 0 Å². The van der Waals surface area contributed by atoms with Crippen LogP contribution in [0.25, 0.3) is 11.1 Å². The molecule has 1 heterocycles. The zero-order chi connectivity index (χ0) is 17.0. The molecule has 0 aliphatic carbocycles. The Balaban J connectivity index is 1.51. The highest BCUT2D eigenvalue weighted by Crippen LogP contribution is 2.23. The number of carbonyl (C=O) groups excluding carboxylic acids is 1. The number of hydrogen-bond acceptors (Lipinski definition) is 4. The highest BCUT2D eigenvalue weighted by atomic mass is 32.2. The molecule has 1 atom stereocenters. The molecule has 2 aromatic rings. The van der Waals surface area contributed by atoms with Crippen LogP contribution >= 0.6 is 0 Å². The van der Waals surface area contributed by atoms with E-state index in [1.54, 1.807) is 0 Å². The van der Waals surface area contributed by atoms with Crippen molar-refractivity contribution in [3.8, 4) is 11.1 Å². The molecule has 3 rings (SSSR count). The molecule has 0 spiro atoms. The number of rotatable bonds is 5. The van der Waals surface area contributed by atoms with Crippen molar-refractivity contribution in [2.45, 2.75) is 19.4 Å². The lowest BCUT2D eigenvalue weighted by molar-refractivity contribution is -0.145. The number of carbonyl (C=O) groups is 1. The Morgan fingerprint density at radius 2 is 1.67 bits per heavy atom. The first-order chi connectivity index (χ1) is 11.5. The Morgan fingerprint density at radius 3 is 2.29 bits per heavy atom. The third-order valence-electron chi connectivity index (χ3n) is 4.24. The maximum Gasteiger partial charge on any atom is 0.306 e. The minimum Gasteiger partial charge on any atom is -0.461 e. The van der Waals surface area contributed by atoms with Crippen LogP contribution in [0.4, 0.5) is 0 Å². The van der Waals surface area contributed by atoms with Gasteiger partial charge in [0.25, 0.3) is 0 Å². The van der Waals surface area contributed by atoms with Crippen LogP contribution in [0.1, 0.15) is 18.4 Å². The standard InChI is InChI=1S/C19H20O4S/c20-19(12-16-10-11-24(21,22)14-16)23-13-15-6-8-18(9-7-15)17-4-2-1-3-5-17/h1-9,16H,10-14H2/t16-/m0/s1. The van der Waals surface area contributed by atoms with Crippen molar-refractivity contribution < 1.29 is 17.9 Å². The van der Waals surface area contributed by atoms with Gasteiger partial charge in [-0.25, -0.2) is 8.42 Å². The van der Waals surface area contributed by atoms with E-state index < -0.39 is 9.84 Å². The van der Waals surface area contributed by atoms with Gasteiger partial charge < -0.3 is 4.74 Å². The van der Waals surface area contributed by atoms with Crippen LogP contribution in [-0.2, 0) is 26.0 Å². The zero-order valence-corrected chi connectivity index (χ0v) is 14.2. The molecule has 1 fully saturated rings. The van der Waals surface area contributed by atoms with E-state index in [9.17, 15) is 13.2 Å². The summed E-state index contributed by atoms with van der Waals surface area (Å²) in [5.41, 5.74) is 3.17. The van der Waals surface area contributed by atoms with Crippen molar-refractivity contribution in [1.29, 1.82) is 0 Å². The third-order valence-corrected chi connectivity index (χ3v) is 6.08. The molecule has 0 amide bonds. The van der Waals surface area contributed by atoms with Gasteiger partial charge in [0.1, 0.15) is 6.61 Å². The van der Waals surface area contributed by atoms with Crippen LogP contribution in [0.15, 0.2) is 54.6 Å². The Morgan fingerprint density at radius 1 is 1.00 bits per heavy atom. The van der Waals surface area contributed by atoms with Crippen LogP contribution in [0.3, 0.4) is 0 Å². The minimum atomic E-state index is -2.95. The normalized spacial score (nSPS) is 19.1. The van der Waals surface area contributed by atoms with Gasteiger partial charge >= 0.3 is 5.97 Å². The molecule has 0 aromatic heterocycles. The number of benzene rings is 2. The van der Waals surface area contributed by atoms with Crippen LogP contribution in [0, 0.1) is 5.92 Å². The second-order valence-electron chi connectivity index (χ2n) is 6.20. The second kappa shape index (κ2) is 7.18. The molecule has 2 aromatic carbocycles. The van der Waals surface area contributed by atoms with Gasteiger partial charge in [-0.2, -0.15) is 0 Å². The highest BCUT2D eigenvalue weighted by Gasteiger charge is 2.29. The summed E-state index contributed by atoms with van der Waals surface area (Å²) in [6.07, 6.45) is 0.741. The molecular weight excluding hydrogens is 324 g/mol. The Hall–Kier alpha value is -2.14. The van der Waals surface area contributed by atoms with Crippen molar-refractivity contribution in [1.82, 2.24) is 0 Å². The topological polar surface area (TPSA) is 60.4 Å². The number of esters is 1. The largest absolute Gasteiger partial charge is 0.461 e. The van der Waals surface area contributed by atoms with Gasteiger partial charge in [-0.3, -0.25) is 4.79 Å². The molecule has 1 saturated heterocycles. The maximum atomic E-state index is 11.9. The number of sulfone groups is 1. The Kier molecular flexibility index (Phi) is 5.00. The maximum absolute atomic E-state index is 11.9. The van der Waals surface area contributed by atoms with Crippen molar-refractivity contribution in [2.75, 3.05) is 11.5 Å². The summed E-state index contributed by atoms with van der Waals surface area (Å²) in [4.78, 5) is 11.9. The Labute approximate surface area is 142 Å². The lowest BCUT2D eigenvalue weighted by atomic mass is 10.0. The van der Waals surface area contributed by atoms with Gasteiger partial charge in [-0.05, 0) is 29.0 Å². The monoisotopic (exact) mass is 344 g/mol. The molecule has 126 valence electrons. The summed E-state index contributed by atoms with van der Waals surface area (Å²) in [7, 11) is -2.95.